The van der Waals surface area contributed by atoms with Crippen molar-refractivity contribution in [1.82, 2.24) is 4.98 Å². The normalized spacial score (nSPS) is 11.7. The second-order valence-corrected chi connectivity index (χ2v) is 15.9. The van der Waals surface area contributed by atoms with Gasteiger partial charge in [-0.15, -0.1) is 0 Å². The molecule has 2 heteroatoms. The fourth-order valence-electron chi connectivity index (χ4n) is 4.08. The van der Waals surface area contributed by atoms with Gasteiger partial charge in [0, 0.05) is 19.8 Å². The average Bonchev–Trinajstić information content (AvgIpc) is 2.73. The SMILES string of the molecule is CCCCCCCCc1ccc(-c2cccc(CCCCCC[Si](C)(C)C)c2)nc1. The largest absolute Gasteiger partial charge is 0.256 e. The van der Waals surface area contributed by atoms with Crippen LogP contribution in [0.5, 0.6) is 0 Å². The van der Waals surface area contributed by atoms with E-state index in [0.29, 0.717) is 0 Å². The highest BCUT2D eigenvalue weighted by Gasteiger charge is 2.11. The van der Waals surface area contributed by atoms with Crippen molar-refractivity contribution < 1.29 is 0 Å². The van der Waals surface area contributed by atoms with E-state index in [1.165, 1.54) is 93.4 Å². The predicted molar refractivity (Wildman–Crippen MR) is 137 cm³/mol. The molecule has 1 aromatic carbocycles. The van der Waals surface area contributed by atoms with Crippen LogP contribution in [-0.2, 0) is 12.8 Å². The maximum atomic E-state index is 4.77. The molecule has 0 aliphatic heterocycles. The first-order chi connectivity index (χ1) is 14.5. The third kappa shape index (κ3) is 10.6. The smallest absolute Gasteiger partial charge is 0.0702 e. The number of pyridine rings is 1. The van der Waals surface area contributed by atoms with Gasteiger partial charge in [0.15, 0.2) is 0 Å². The summed E-state index contributed by atoms with van der Waals surface area (Å²) in [5, 5.41) is 0. The molecule has 2 aromatic rings. The average molecular weight is 424 g/mol. The van der Waals surface area contributed by atoms with Gasteiger partial charge in [0.25, 0.3) is 0 Å². The number of hydrogen-bond donors (Lipinski definition) is 0. The second-order valence-electron chi connectivity index (χ2n) is 10.2. The van der Waals surface area contributed by atoms with Crippen LogP contribution in [0.3, 0.4) is 0 Å². The molecular weight excluding hydrogens is 378 g/mol. The van der Waals surface area contributed by atoms with Crippen molar-refractivity contribution in [3.05, 3.63) is 53.7 Å². The first-order valence-corrected chi connectivity index (χ1v) is 16.2. The lowest BCUT2D eigenvalue weighted by atomic mass is 10.0. The summed E-state index contributed by atoms with van der Waals surface area (Å²) in [6.45, 7) is 9.72. The molecule has 0 spiro atoms. The number of benzene rings is 1. The number of aryl methyl sites for hydroxylation is 2. The Kier molecular flexibility index (Phi) is 11.4. The molecule has 0 fully saturated rings. The summed E-state index contributed by atoms with van der Waals surface area (Å²) in [5.74, 6) is 0. The molecular formula is C28H45NSi. The highest BCUT2D eigenvalue weighted by molar-refractivity contribution is 6.76. The molecule has 0 atom stereocenters. The van der Waals surface area contributed by atoms with E-state index in [2.05, 4.69) is 69.2 Å². The number of aromatic nitrogens is 1. The first kappa shape index (κ1) is 24.9. The Bertz CT molecular complexity index is 699. The summed E-state index contributed by atoms with van der Waals surface area (Å²) < 4.78 is 0. The van der Waals surface area contributed by atoms with Gasteiger partial charge in [-0.2, -0.15) is 0 Å². The Balaban J connectivity index is 1.74. The first-order valence-electron chi connectivity index (χ1n) is 12.5. The minimum atomic E-state index is -0.852. The van der Waals surface area contributed by atoms with E-state index in [1.54, 1.807) is 0 Å². The lowest BCUT2D eigenvalue weighted by Crippen LogP contribution is -2.18. The molecule has 30 heavy (non-hydrogen) atoms. The van der Waals surface area contributed by atoms with Gasteiger partial charge >= 0.3 is 0 Å². The van der Waals surface area contributed by atoms with Gasteiger partial charge in [0.1, 0.15) is 0 Å². The van der Waals surface area contributed by atoms with Crippen LogP contribution in [0.15, 0.2) is 42.6 Å². The molecule has 0 unspecified atom stereocenters. The molecule has 0 saturated heterocycles. The van der Waals surface area contributed by atoms with Crippen LogP contribution in [-0.4, -0.2) is 13.1 Å². The molecule has 1 heterocycles. The van der Waals surface area contributed by atoms with Gasteiger partial charge < -0.3 is 0 Å². The zero-order chi connectivity index (χ0) is 21.7. The van der Waals surface area contributed by atoms with Crippen LogP contribution >= 0.6 is 0 Å². The van der Waals surface area contributed by atoms with Crippen molar-refractivity contribution in [3.63, 3.8) is 0 Å². The van der Waals surface area contributed by atoms with E-state index in [0.717, 1.165) is 12.1 Å². The Morgan fingerprint density at radius 3 is 2.03 bits per heavy atom. The molecule has 0 aliphatic carbocycles. The Labute approximate surface area is 187 Å². The Morgan fingerprint density at radius 2 is 1.37 bits per heavy atom. The number of unbranched alkanes of at least 4 members (excludes halogenated alkanes) is 8. The fourth-order valence-corrected chi connectivity index (χ4v) is 5.39. The molecule has 2 rings (SSSR count). The lowest BCUT2D eigenvalue weighted by Gasteiger charge is -2.14. The minimum absolute atomic E-state index is 0.852. The van der Waals surface area contributed by atoms with Crippen molar-refractivity contribution in [2.75, 3.05) is 0 Å². The summed E-state index contributed by atoms with van der Waals surface area (Å²) in [5.41, 5.74) is 5.20. The summed E-state index contributed by atoms with van der Waals surface area (Å²) >= 11 is 0. The molecule has 0 aliphatic rings. The van der Waals surface area contributed by atoms with Gasteiger partial charge in [0.2, 0.25) is 0 Å². The van der Waals surface area contributed by atoms with E-state index in [-0.39, 0.29) is 0 Å². The topological polar surface area (TPSA) is 12.9 Å². The highest BCUT2D eigenvalue weighted by atomic mass is 28.3. The quantitative estimate of drug-likeness (QED) is 0.205. The van der Waals surface area contributed by atoms with E-state index < -0.39 is 8.07 Å². The van der Waals surface area contributed by atoms with Crippen LogP contribution in [0.4, 0.5) is 0 Å². The van der Waals surface area contributed by atoms with Crippen molar-refractivity contribution in [3.8, 4) is 11.3 Å². The molecule has 0 amide bonds. The Morgan fingerprint density at radius 1 is 0.700 bits per heavy atom. The number of rotatable bonds is 15. The van der Waals surface area contributed by atoms with Crippen LogP contribution in [0.1, 0.15) is 82.3 Å². The van der Waals surface area contributed by atoms with Gasteiger partial charge in [-0.3, -0.25) is 4.98 Å². The molecule has 0 radical (unpaired) electrons. The molecule has 166 valence electrons. The molecule has 0 bridgehead atoms. The van der Waals surface area contributed by atoms with Crippen LogP contribution < -0.4 is 0 Å². The van der Waals surface area contributed by atoms with Gasteiger partial charge in [-0.25, -0.2) is 0 Å². The minimum Gasteiger partial charge on any atom is -0.256 e. The predicted octanol–water partition coefficient (Wildman–Crippen LogP) is 9.09. The van der Waals surface area contributed by atoms with E-state index in [9.17, 15) is 0 Å². The zero-order valence-electron chi connectivity index (χ0n) is 20.2. The van der Waals surface area contributed by atoms with Crippen LogP contribution in [0.2, 0.25) is 25.7 Å². The standard InChI is InChI=1S/C28H45NSi/c1-5-6-7-8-9-13-17-26-20-21-28(29-24-26)27-19-15-18-25(23-27)16-12-10-11-14-22-30(2,3)4/h15,18-21,23-24H,5-14,16-17,22H2,1-4H3. The van der Waals surface area contributed by atoms with E-state index in [4.69, 9.17) is 4.98 Å². The summed E-state index contributed by atoms with van der Waals surface area (Å²) in [6, 6.07) is 15.0. The highest BCUT2D eigenvalue weighted by Crippen LogP contribution is 2.21. The van der Waals surface area contributed by atoms with Gasteiger partial charge in [-0.05, 0) is 48.9 Å². The van der Waals surface area contributed by atoms with Crippen molar-refractivity contribution in [1.29, 1.82) is 0 Å². The van der Waals surface area contributed by atoms with Gasteiger partial charge in [-0.1, -0.05) is 108 Å². The monoisotopic (exact) mass is 423 g/mol. The van der Waals surface area contributed by atoms with Crippen molar-refractivity contribution in [2.45, 2.75) is 110 Å². The molecule has 0 saturated carbocycles. The van der Waals surface area contributed by atoms with Crippen LogP contribution in [0.25, 0.3) is 11.3 Å². The van der Waals surface area contributed by atoms with E-state index in [1.807, 2.05) is 0 Å². The molecule has 1 nitrogen and oxygen atoms in total. The summed E-state index contributed by atoms with van der Waals surface area (Å²) in [7, 11) is -0.852. The Hall–Kier alpha value is -1.41. The van der Waals surface area contributed by atoms with Crippen LogP contribution in [0, 0.1) is 0 Å². The van der Waals surface area contributed by atoms with Gasteiger partial charge in [0.05, 0.1) is 5.69 Å². The third-order valence-corrected chi connectivity index (χ3v) is 7.86. The zero-order valence-corrected chi connectivity index (χ0v) is 21.2. The molecule has 0 N–H and O–H groups in total. The maximum absolute atomic E-state index is 4.77. The van der Waals surface area contributed by atoms with Crippen molar-refractivity contribution >= 4 is 8.07 Å². The fraction of sp³-hybridized carbons (Fsp3) is 0.607. The number of hydrogen-bond acceptors (Lipinski definition) is 1. The summed E-state index contributed by atoms with van der Waals surface area (Å²) in [6.07, 6.45) is 18.0. The molecule has 1 aromatic heterocycles. The number of nitrogens with zero attached hydrogens (tertiary/aromatic N) is 1. The van der Waals surface area contributed by atoms with E-state index >= 15 is 0 Å². The lowest BCUT2D eigenvalue weighted by molar-refractivity contribution is 0.607. The second kappa shape index (κ2) is 13.8. The maximum Gasteiger partial charge on any atom is 0.0702 e. The van der Waals surface area contributed by atoms with Crippen molar-refractivity contribution in [2.24, 2.45) is 0 Å². The third-order valence-electron chi connectivity index (χ3n) is 6.01. The summed E-state index contributed by atoms with van der Waals surface area (Å²) in [4.78, 5) is 4.77.